The molecule has 0 radical (unpaired) electrons. The summed E-state index contributed by atoms with van der Waals surface area (Å²) in [6, 6.07) is 13.7. The van der Waals surface area contributed by atoms with E-state index < -0.39 is 0 Å². The number of benzene rings is 2. The van der Waals surface area contributed by atoms with Crippen LogP contribution in [0, 0.1) is 0 Å². The molecule has 0 aliphatic heterocycles. The molecule has 0 fully saturated rings. The third kappa shape index (κ3) is 17.7. The summed E-state index contributed by atoms with van der Waals surface area (Å²) in [7, 11) is 0. The van der Waals surface area contributed by atoms with Crippen molar-refractivity contribution in [2.75, 3.05) is 16.4 Å². The molecule has 164 valence electrons. The summed E-state index contributed by atoms with van der Waals surface area (Å²) in [5.74, 6) is -0.0232. The largest absolute Gasteiger partial charge is 0.399 e. The van der Waals surface area contributed by atoms with Crippen molar-refractivity contribution in [1.29, 1.82) is 0 Å². The van der Waals surface area contributed by atoms with Crippen molar-refractivity contribution in [2.45, 2.75) is 27.7 Å². The normalized spacial score (nSPS) is 8.63. The fourth-order valence-corrected chi connectivity index (χ4v) is 1.71. The van der Waals surface area contributed by atoms with Gasteiger partial charge in [-0.05, 0) is 74.0 Å². The molecule has 0 spiro atoms. The summed E-state index contributed by atoms with van der Waals surface area (Å²) in [5, 5.41) is 2.45. The molecule has 6 nitrogen and oxygen atoms in total. The summed E-state index contributed by atoms with van der Waals surface area (Å²) in [6.45, 7) is 5.78. The van der Waals surface area contributed by atoms with Gasteiger partial charge in [0.25, 0.3) is 0 Å². The predicted molar refractivity (Wildman–Crippen MR) is 125 cm³/mol. The van der Waals surface area contributed by atoms with E-state index in [0.717, 1.165) is 0 Å². The maximum absolute atomic E-state index is 10.9. The third-order valence-corrected chi connectivity index (χ3v) is 2.93. The third-order valence-electron chi connectivity index (χ3n) is 2.93. The molecule has 0 atom stereocenters. The highest BCUT2D eigenvalue weighted by Crippen LogP contribution is 2.09. The molecule has 2 rings (SSSR count). The van der Waals surface area contributed by atoms with E-state index in [-0.39, 0.29) is 28.1 Å². The average molecular weight is 476 g/mol. The standard InChI is InChI=1S/C10H11NO2.C8H9NO.C2H3ClO.CH2Cl2/c1-7(12)9-3-5-10(6-4-9)11-8(2)13;1-6(10)7-2-4-8(9)5-3-7;1-2(3)4;2-1-3/h3-6H,1-2H3,(H,11,13);2-5H,9H2,1H3;1H3;1H2. The Hall–Kier alpha value is -2.41. The van der Waals surface area contributed by atoms with Gasteiger partial charge in [0, 0.05) is 36.3 Å². The van der Waals surface area contributed by atoms with Gasteiger partial charge >= 0.3 is 0 Å². The molecular weight excluding hydrogens is 451 g/mol. The second-order valence-electron chi connectivity index (χ2n) is 5.56. The molecule has 2 aromatic carbocycles. The Bertz CT molecular complexity index is 804. The number of carbonyl (C=O) groups excluding carboxylic acids is 4. The first-order valence-corrected chi connectivity index (χ1v) is 9.92. The van der Waals surface area contributed by atoms with Crippen LogP contribution in [0.2, 0.25) is 0 Å². The van der Waals surface area contributed by atoms with E-state index in [4.69, 9.17) is 28.9 Å². The van der Waals surface area contributed by atoms with Crippen LogP contribution in [0.15, 0.2) is 48.5 Å². The lowest BCUT2D eigenvalue weighted by molar-refractivity contribution is -0.114. The quantitative estimate of drug-likeness (QED) is 0.263. The number of halogens is 3. The topological polar surface area (TPSA) is 106 Å². The fourth-order valence-electron chi connectivity index (χ4n) is 1.71. The highest BCUT2D eigenvalue weighted by molar-refractivity contribution is 6.62. The van der Waals surface area contributed by atoms with Crippen LogP contribution in [0.25, 0.3) is 0 Å². The zero-order valence-electron chi connectivity index (χ0n) is 17.2. The molecule has 1 amide bonds. The van der Waals surface area contributed by atoms with Crippen molar-refractivity contribution in [3.05, 3.63) is 59.7 Å². The Kier molecular flexibility index (Phi) is 17.3. The number of ketones is 2. The highest BCUT2D eigenvalue weighted by Gasteiger charge is 1.99. The minimum atomic E-state index is -0.361. The Morgan fingerprint density at radius 3 is 1.33 bits per heavy atom. The number of alkyl halides is 2. The zero-order valence-corrected chi connectivity index (χ0v) is 19.4. The van der Waals surface area contributed by atoms with Crippen molar-refractivity contribution in [3.63, 3.8) is 0 Å². The molecule has 9 heteroatoms. The van der Waals surface area contributed by atoms with Crippen molar-refractivity contribution < 1.29 is 19.2 Å². The molecule has 0 aliphatic carbocycles. The summed E-state index contributed by atoms with van der Waals surface area (Å²) in [6.07, 6.45) is 0. The van der Waals surface area contributed by atoms with E-state index in [1.165, 1.54) is 27.7 Å². The molecule has 0 heterocycles. The maximum Gasteiger partial charge on any atom is 0.221 e. The Labute approximate surface area is 191 Å². The average Bonchev–Trinajstić information content (AvgIpc) is 2.63. The van der Waals surface area contributed by atoms with Crippen molar-refractivity contribution in [3.8, 4) is 0 Å². The summed E-state index contributed by atoms with van der Waals surface area (Å²) >= 11 is 14.2. The molecule has 0 aromatic heterocycles. The van der Waals surface area contributed by atoms with Gasteiger partial charge in [0.05, 0.1) is 5.34 Å². The molecule has 0 unspecified atom stereocenters. The van der Waals surface area contributed by atoms with Gasteiger partial charge in [-0.1, -0.05) is 0 Å². The molecule has 2 aromatic rings. The fraction of sp³-hybridized carbons (Fsp3) is 0.238. The maximum atomic E-state index is 10.9. The van der Waals surface area contributed by atoms with Gasteiger partial charge in [-0.3, -0.25) is 19.2 Å². The number of Topliss-reactive ketones (excluding diaryl/α,β-unsaturated/α-hetero) is 2. The first kappa shape index (κ1) is 29.8. The van der Waals surface area contributed by atoms with Crippen LogP contribution in [0.4, 0.5) is 11.4 Å². The van der Waals surface area contributed by atoms with E-state index in [1.807, 2.05) is 0 Å². The van der Waals surface area contributed by atoms with Crippen LogP contribution in [0.3, 0.4) is 0 Å². The van der Waals surface area contributed by atoms with Crippen LogP contribution in [0.5, 0.6) is 0 Å². The molecule has 0 aliphatic rings. The van der Waals surface area contributed by atoms with Crippen LogP contribution in [-0.4, -0.2) is 28.1 Å². The zero-order chi connectivity index (χ0) is 23.7. The Morgan fingerprint density at radius 1 is 0.767 bits per heavy atom. The number of hydrogen-bond donors (Lipinski definition) is 2. The number of anilines is 2. The number of nitrogens with one attached hydrogen (secondary N) is 1. The molecule has 0 bridgehead atoms. The molecule has 3 N–H and O–H groups in total. The lowest BCUT2D eigenvalue weighted by Crippen LogP contribution is -2.05. The van der Waals surface area contributed by atoms with E-state index >= 15 is 0 Å². The van der Waals surface area contributed by atoms with E-state index in [9.17, 15) is 19.2 Å². The van der Waals surface area contributed by atoms with Crippen LogP contribution in [-0.2, 0) is 9.59 Å². The van der Waals surface area contributed by atoms with Crippen LogP contribution < -0.4 is 11.1 Å². The van der Waals surface area contributed by atoms with Crippen molar-refractivity contribution in [1.82, 2.24) is 0 Å². The van der Waals surface area contributed by atoms with Gasteiger partial charge in [-0.15, -0.1) is 23.2 Å². The van der Waals surface area contributed by atoms with Crippen LogP contribution >= 0.6 is 34.8 Å². The van der Waals surface area contributed by atoms with Gasteiger partial charge in [0.15, 0.2) is 11.6 Å². The summed E-state index contributed by atoms with van der Waals surface area (Å²) < 4.78 is 0. The number of hydrogen-bond acceptors (Lipinski definition) is 5. The molecule has 30 heavy (non-hydrogen) atoms. The molecular formula is C21H25Cl3N2O4. The van der Waals surface area contributed by atoms with Gasteiger partial charge in [0.2, 0.25) is 11.1 Å². The van der Waals surface area contributed by atoms with Gasteiger partial charge in [-0.2, -0.15) is 0 Å². The number of amides is 1. The van der Waals surface area contributed by atoms with Gasteiger partial charge in [0.1, 0.15) is 0 Å². The summed E-state index contributed by atoms with van der Waals surface area (Å²) in [5.41, 5.74) is 8.16. The lowest BCUT2D eigenvalue weighted by Gasteiger charge is -2.01. The predicted octanol–water partition coefficient (Wildman–Crippen LogP) is 5.51. The number of nitrogens with two attached hydrogens (primary N) is 1. The van der Waals surface area contributed by atoms with E-state index in [1.54, 1.807) is 48.5 Å². The second-order valence-corrected chi connectivity index (χ2v) is 6.90. The molecule has 0 saturated heterocycles. The van der Waals surface area contributed by atoms with Crippen molar-refractivity contribution >= 4 is 68.9 Å². The van der Waals surface area contributed by atoms with Gasteiger partial charge in [-0.25, -0.2) is 0 Å². The minimum absolute atomic E-state index is 0.0226. The second kappa shape index (κ2) is 17.4. The van der Waals surface area contributed by atoms with Crippen molar-refractivity contribution in [2.24, 2.45) is 0 Å². The SMILES string of the molecule is CC(=O)Cl.CC(=O)Nc1ccc(C(C)=O)cc1.CC(=O)c1ccc(N)cc1.ClCCl. The molecule has 0 saturated carbocycles. The Morgan fingerprint density at radius 2 is 1.07 bits per heavy atom. The van der Waals surface area contributed by atoms with E-state index in [2.05, 4.69) is 16.9 Å². The Balaban J connectivity index is 0. The number of rotatable bonds is 3. The number of carbonyl (C=O) groups is 4. The van der Waals surface area contributed by atoms with Crippen LogP contribution in [0.1, 0.15) is 48.4 Å². The van der Waals surface area contributed by atoms with Gasteiger partial charge < -0.3 is 11.1 Å². The first-order valence-electron chi connectivity index (χ1n) is 8.47. The lowest BCUT2D eigenvalue weighted by atomic mass is 10.1. The minimum Gasteiger partial charge on any atom is -0.399 e. The first-order chi connectivity index (χ1) is 13.9. The summed E-state index contributed by atoms with van der Waals surface area (Å²) in [4.78, 5) is 41.5. The number of nitrogen functional groups attached to an aromatic ring is 1. The highest BCUT2D eigenvalue weighted by atomic mass is 35.5. The smallest absolute Gasteiger partial charge is 0.221 e. The van der Waals surface area contributed by atoms with E-state index in [0.29, 0.717) is 22.5 Å². The monoisotopic (exact) mass is 474 g/mol.